The Labute approximate surface area is 119 Å². The molecule has 1 aromatic carbocycles. The largest absolute Gasteiger partial charge is 0.466 e. The smallest absolute Gasteiger partial charge is 0.261 e. The first-order valence-electron chi connectivity index (χ1n) is 7.04. The molecule has 1 aromatic heterocycles. The van der Waals surface area contributed by atoms with Crippen molar-refractivity contribution in [1.82, 2.24) is 0 Å². The zero-order valence-electron chi connectivity index (χ0n) is 12.2. The van der Waals surface area contributed by atoms with Crippen LogP contribution in [0.5, 0.6) is 0 Å². The van der Waals surface area contributed by atoms with Gasteiger partial charge in [0.05, 0.1) is 5.56 Å². The van der Waals surface area contributed by atoms with Gasteiger partial charge in [-0.25, -0.2) is 0 Å². The van der Waals surface area contributed by atoms with E-state index in [-0.39, 0.29) is 5.91 Å². The Bertz CT molecular complexity index is 670. The van der Waals surface area contributed by atoms with Crippen molar-refractivity contribution in [2.24, 2.45) is 0 Å². The molecule has 0 radical (unpaired) electrons. The summed E-state index contributed by atoms with van der Waals surface area (Å²) in [6.45, 7) is 6.58. The number of nitrogens with zero attached hydrogens (tertiary/aromatic N) is 1. The number of furan rings is 1. The van der Waals surface area contributed by atoms with Gasteiger partial charge in [0.2, 0.25) is 0 Å². The topological polar surface area (TPSA) is 33.5 Å². The summed E-state index contributed by atoms with van der Waals surface area (Å²) in [5, 5.41) is 0. The molecule has 3 rings (SSSR count). The number of benzene rings is 1. The molecule has 3 heteroatoms. The van der Waals surface area contributed by atoms with Crippen molar-refractivity contribution < 1.29 is 9.21 Å². The van der Waals surface area contributed by atoms with Gasteiger partial charge in [0.15, 0.2) is 0 Å². The first-order valence-corrected chi connectivity index (χ1v) is 7.04. The van der Waals surface area contributed by atoms with Crippen molar-refractivity contribution >= 4 is 11.6 Å². The van der Waals surface area contributed by atoms with Gasteiger partial charge in [0.1, 0.15) is 11.5 Å². The Balaban J connectivity index is 2.00. The lowest BCUT2D eigenvalue weighted by Crippen LogP contribution is -2.35. The molecule has 3 nitrogen and oxygen atoms in total. The molecule has 2 heterocycles. The van der Waals surface area contributed by atoms with Crippen molar-refractivity contribution in [3.8, 4) is 0 Å². The molecular weight excluding hydrogens is 250 g/mol. The monoisotopic (exact) mass is 269 g/mol. The standard InChI is InChI=1S/C17H19NO2/c1-11-6-7-16-14(9-11)5-4-8-18(16)17(19)15-10-12(2)20-13(15)3/h6-7,9-10H,4-5,8H2,1-3H3. The van der Waals surface area contributed by atoms with Gasteiger partial charge in [-0.15, -0.1) is 0 Å². The lowest BCUT2D eigenvalue weighted by atomic mass is 9.99. The number of carbonyl (C=O) groups excluding carboxylic acids is 1. The highest BCUT2D eigenvalue weighted by Crippen LogP contribution is 2.30. The van der Waals surface area contributed by atoms with E-state index in [0.29, 0.717) is 11.3 Å². The third kappa shape index (κ3) is 2.13. The zero-order chi connectivity index (χ0) is 14.3. The number of rotatable bonds is 1. The maximum atomic E-state index is 12.7. The lowest BCUT2D eigenvalue weighted by molar-refractivity contribution is 0.0983. The van der Waals surface area contributed by atoms with E-state index in [2.05, 4.69) is 25.1 Å². The van der Waals surface area contributed by atoms with E-state index in [4.69, 9.17) is 4.42 Å². The molecular formula is C17H19NO2. The van der Waals surface area contributed by atoms with E-state index in [0.717, 1.165) is 30.8 Å². The second kappa shape index (κ2) is 4.82. The first-order chi connectivity index (χ1) is 9.56. The fraction of sp³-hybridized carbons (Fsp3) is 0.353. The predicted octanol–water partition coefficient (Wildman–Crippen LogP) is 3.80. The highest BCUT2D eigenvalue weighted by atomic mass is 16.3. The van der Waals surface area contributed by atoms with Gasteiger partial charge >= 0.3 is 0 Å². The summed E-state index contributed by atoms with van der Waals surface area (Å²) in [6, 6.07) is 8.14. The maximum Gasteiger partial charge on any atom is 0.261 e. The number of hydrogen-bond donors (Lipinski definition) is 0. The summed E-state index contributed by atoms with van der Waals surface area (Å²) in [4.78, 5) is 14.6. The SMILES string of the molecule is Cc1ccc2c(c1)CCCN2C(=O)c1cc(C)oc1C. The van der Waals surface area contributed by atoms with Crippen LogP contribution in [0.1, 0.15) is 39.4 Å². The quantitative estimate of drug-likeness (QED) is 0.789. The Kier molecular flexibility index (Phi) is 3.13. The highest BCUT2D eigenvalue weighted by Gasteiger charge is 2.26. The predicted molar refractivity (Wildman–Crippen MR) is 79.4 cm³/mol. The van der Waals surface area contributed by atoms with Crippen molar-refractivity contribution in [1.29, 1.82) is 0 Å². The normalized spacial score (nSPS) is 14.2. The molecule has 0 unspecified atom stereocenters. The fourth-order valence-electron chi connectivity index (χ4n) is 2.93. The minimum Gasteiger partial charge on any atom is -0.466 e. The van der Waals surface area contributed by atoms with Gasteiger partial charge in [-0.1, -0.05) is 17.7 Å². The van der Waals surface area contributed by atoms with E-state index >= 15 is 0 Å². The minimum atomic E-state index is 0.0455. The van der Waals surface area contributed by atoms with Gasteiger partial charge in [0, 0.05) is 12.2 Å². The second-order valence-electron chi connectivity index (χ2n) is 5.52. The van der Waals surface area contributed by atoms with Crippen LogP contribution in [0.2, 0.25) is 0 Å². The molecule has 0 saturated heterocycles. The van der Waals surface area contributed by atoms with E-state index in [9.17, 15) is 4.79 Å². The molecule has 1 amide bonds. The van der Waals surface area contributed by atoms with E-state index in [1.807, 2.05) is 24.8 Å². The van der Waals surface area contributed by atoms with Crippen molar-refractivity contribution in [3.63, 3.8) is 0 Å². The molecule has 0 fully saturated rings. The van der Waals surface area contributed by atoms with Crippen LogP contribution in [0, 0.1) is 20.8 Å². The van der Waals surface area contributed by atoms with Crippen LogP contribution in [-0.2, 0) is 6.42 Å². The lowest BCUT2D eigenvalue weighted by Gasteiger charge is -2.29. The average molecular weight is 269 g/mol. The zero-order valence-corrected chi connectivity index (χ0v) is 12.2. The van der Waals surface area contributed by atoms with E-state index < -0.39 is 0 Å². The van der Waals surface area contributed by atoms with Crippen LogP contribution in [-0.4, -0.2) is 12.5 Å². The maximum absolute atomic E-state index is 12.7. The fourth-order valence-corrected chi connectivity index (χ4v) is 2.93. The summed E-state index contributed by atoms with van der Waals surface area (Å²) >= 11 is 0. The Hall–Kier alpha value is -2.03. The molecule has 0 N–H and O–H groups in total. The summed E-state index contributed by atoms with van der Waals surface area (Å²) in [5.74, 6) is 1.53. The van der Waals surface area contributed by atoms with Crippen LogP contribution in [0.4, 0.5) is 5.69 Å². The molecule has 0 atom stereocenters. The Morgan fingerprint density at radius 3 is 2.70 bits per heavy atom. The van der Waals surface area contributed by atoms with Crippen molar-refractivity contribution in [3.05, 3.63) is 52.5 Å². The number of aryl methyl sites for hydroxylation is 4. The molecule has 0 saturated carbocycles. The first kappa shape index (κ1) is 13.0. The summed E-state index contributed by atoms with van der Waals surface area (Å²) < 4.78 is 5.49. The molecule has 1 aliphatic rings. The highest BCUT2D eigenvalue weighted by molar-refractivity contribution is 6.07. The Morgan fingerprint density at radius 1 is 1.20 bits per heavy atom. The Morgan fingerprint density at radius 2 is 2.00 bits per heavy atom. The molecule has 0 aliphatic carbocycles. The summed E-state index contributed by atoms with van der Waals surface area (Å²) in [7, 11) is 0. The van der Waals surface area contributed by atoms with Crippen LogP contribution >= 0.6 is 0 Å². The summed E-state index contributed by atoms with van der Waals surface area (Å²) in [6.07, 6.45) is 2.06. The molecule has 0 bridgehead atoms. The van der Waals surface area contributed by atoms with Crippen LogP contribution in [0.15, 0.2) is 28.7 Å². The van der Waals surface area contributed by atoms with Gasteiger partial charge < -0.3 is 9.32 Å². The minimum absolute atomic E-state index is 0.0455. The number of hydrogen-bond acceptors (Lipinski definition) is 2. The van der Waals surface area contributed by atoms with Gasteiger partial charge in [-0.3, -0.25) is 4.79 Å². The molecule has 20 heavy (non-hydrogen) atoms. The second-order valence-corrected chi connectivity index (χ2v) is 5.52. The number of amides is 1. The van der Waals surface area contributed by atoms with Crippen molar-refractivity contribution in [2.45, 2.75) is 33.6 Å². The van der Waals surface area contributed by atoms with E-state index in [1.54, 1.807) is 0 Å². The van der Waals surface area contributed by atoms with Gasteiger partial charge in [0.25, 0.3) is 5.91 Å². The van der Waals surface area contributed by atoms with Crippen molar-refractivity contribution in [2.75, 3.05) is 11.4 Å². The molecule has 1 aliphatic heterocycles. The van der Waals surface area contributed by atoms with Gasteiger partial charge in [-0.2, -0.15) is 0 Å². The number of anilines is 1. The van der Waals surface area contributed by atoms with Crippen LogP contribution < -0.4 is 4.90 Å². The molecule has 2 aromatic rings. The van der Waals surface area contributed by atoms with Crippen LogP contribution in [0.3, 0.4) is 0 Å². The third-order valence-corrected chi connectivity index (χ3v) is 3.87. The number of fused-ring (bicyclic) bond motifs is 1. The number of carbonyl (C=O) groups is 1. The third-order valence-electron chi connectivity index (χ3n) is 3.87. The van der Waals surface area contributed by atoms with Crippen LogP contribution in [0.25, 0.3) is 0 Å². The van der Waals surface area contributed by atoms with Gasteiger partial charge in [-0.05, 0) is 51.3 Å². The van der Waals surface area contributed by atoms with E-state index in [1.165, 1.54) is 11.1 Å². The molecule has 104 valence electrons. The molecule has 0 spiro atoms. The average Bonchev–Trinajstić information content (AvgIpc) is 2.76. The summed E-state index contributed by atoms with van der Waals surface area (Å²) in [5.41, 5.74) is 4.23.